The lowest BCUT2D eigenvalue weighted by Crippen LogP contribution is -2.33. The van der Waals surface area contributed by atoms with Crippen LogP contribution in [0.15, 0.2) is 43.4 Å². The number of carbonyl (C=O) groups excluding carboxylic acids is 1. The van der Waals surface area contributed by atoms with E-state index in [2.05, 4.69) is 26.0 Å². The average Bonchev–Trinajstić information content (AvgIpc) is 3.07. The minimum atomic E-state index is -0.714. The zero-order valence-corrected chi connectivity index (χ0v) is 17.2. The number of hydrogen-bond acceptors (Lipinski definition) is 5. The van der Waals surface area contributed by atoms with Gasteiger partial charge in [-0.15, -0.1) is 0 Å². The first-order valence-electron chi connectivity index (χ1n) is 9.02. The molecule has 0 spiro atoms. The zero-order chi connectivity index (χ0) is 20.4. The van der Waals surface area contributed by atoms with Gasteiger partial charge in [-0.1, -0.05) is 41.4 Å². The smallest absolute Gasteiger partial charge is 0.331 e. The number of hydrogen-bond donors (Lipinski definition) is 2. The predicted molar refractivity (Wildman–Crippen MR) is 108 cm³/mol. The fourth-order valence-electron chi connectivity index (χ4n) is 3.24. The van der Waals surface area contributed by atoms with E-state index in [0.717, 1.165) is 21.0 Å². The van der Waals surface area contributed by atoms with Crippen LogP contribution in [0.2, 0.25) is 0 Å². The van der Waals surface area contributed by atoms with Crippen LogP contribution in [-0.4, -0.2) is 31.3 Å². The van der Waals surface area contributed by atoms with Crippen LogP contribution in [0.1, 0.15) is 50.3 Å². The number of rotatable bonds is 5. The van der Waals surface area contributed by atoms with Crippen LogP contribution >= 0.6 is 15.9 Å². The molecule has 1 aromatic carbocycles. The molecule has 9 heteroatoms. The van der Waals surface area contributed by atoms with Crippen LogP contribution in [0.3, 0.4) is 0 Å². The first-order valence-corrected chi connectivity index (χ1v) is 9.82. The summed E-state index contributed by atoms with van der Waals surface area (Å²) in [5.41, 5.74) is -0.318. The Morgan fingerprint density at radius 1 is 1.32 bits per heavy atom. The van der Waals surface area contributed by atoms with Gasteiger partial charge in [0.05, 0.1) is 11.8 Å². The van der Waals surface area contributed by atoms with Gasteiger partial charge < -0.3 is 5.11 Å². The molecule has 3 rings (SSSR count). The Labute approximate surface area is 169 Å². The molecule has 1 aliphatic heterocycles. The second-order valence-electron chi connectivity index (χ2n) is 6.64. The van der Waals surface area contributed by atoms with Gasteiger partial charge in [0.2, 0.25) is 11.8 Å². The number of H-pyrrole nitrogens is 1. The van der Waals surface area contributed by atoms with Gasteiger partial charge in [-0.2, -0.15) is 5.10 Å². The van der Waals surface area contributed by atoms with Gasteiger partial charge in [0, 0.05) is 24.4 Å². The SMILES string of the molecule is CCCCn1c(O)c(C2=NN(C(C)=O)[C@H](c3ccc(Br)cc3)C2)c(=O)[nH]c1=O. The number of carbonyl (C=O) groups is 1. The van der Waals surface area contributed by atoms with Gasteiger partial charge in [-0.05, 0) is 24.1 Å². The molecule has 0 saturated carbocycles. The Kier molecular flexibility index (Phi) is 5.83. The molecule has 1 aromatic heterocycles. The van der Waals surface area contributed by atoms with Crippen molar-refractivity contribution in [1.29, 1.82) is 0 Å². The van der Waals surface area contributed by atoms with Crippen LogP contribution in [-0.2, 0) is 11.3 Å². The third-order valence-electron chi connectivity index (χ3n) is 4.68. The number of nitrogens with one attached hydrogen (secondary N) is 1. The van der Waals surface area contributed by atoms with Crippen molar-refractivity contribution >= 4 is 27.5 Å². The molecular formula is C19H21BrN4O4. The molecule has 148 valence electrons. The molecule has 8 nitrogen and oxygen atoms in total. The molecule has 0 bridgehead atoms. The summed E-state index contributed by atoms with van der Waals surface area (Å²) in [7, 11) is 0. The molecule has 2 aromatic rings. The Bertz CT molecular complexity index is 1040. The molecular weight excluding hydrogens is 428 g/mol. The lowest BCUT2D eigenvalue weighted by atomic mass is 9.99. The molecule has 1 amide bonds. The van der Waals surface area contributed by atoms with Crippen molar-refractivity contribution in [3.63, 3.8) is 0 Å². The van der Waals surface area contributed by atoms with E-state index in [1.54, 1.807) is 0 Å². The summed E-state index contributed by atoms with van der Waals surface area (Å²) in [6.45, 7) is 3.64. The summed E-state index contributed by atoms with van der Waals surface area (Å²) in [6.07, 6.45) is 1.75. The van der Waals surface area contributed by atoms with E-state index in [0.29, 0.717) is 6.42 Å². The molecule has 2 N–H and O–H groups in total. The van der Waals surface area contributed by atoms with E-state index in [1.165, 1.54) is 11.9 Å². The van der Waals surface area contributed by atoms with Crippen LogP contribution < -0.4 is 11.2 Å². The fraction of sp³-hybridized carbons (Fsp3) is 0.368. The molecule has 0 fully saturated rings. The molecule has 2 heterocycles. The number of nitrogens with zero attached hydrogens (tertiary/aromatic N) is 3. The summed E-state index contributed by atoms with van der Waals surface area (Å²) in [6, 6.07) is 7.07. The van der Waals surface area contributed by atoms with Crippen LogP contribution in [0.25, 0.3) is 0 Å². The number of halogens is 1. The highest BCUT2D eigenvalue weighted by Crippen LogP contribution is 2.34. The van der Waals surface area contributed by atoms with E-state index in [4.69, 9.17) is 0 Å². The van der Waals surface area contributed by atoms with Gasteiger partial charge in [0.1, 0.15) is 5.56 Å². The van der Waals surface area contributed by atoms with E-state index in [9.17, 15) is 19.5 Å². The Balaban J connectivity index is 2.05. The standard InChI is InChI=1S/C19H21BrN4O4/c1-3-4-9-23-18(27)16(17(26)21-19(23)28)14-10-15(24(22-14)11(2)25)12-5-7-13(20)8-6-12/h5-8,15,27H,3-4,9-10H2,1-2H3,(H,21,26,28)/t15-/m0/s1. The highest BCUT2D eigenvalue weighted by Gasteiger charge is 2.34. The molecule has 0 aliphatic carbocycles. The Morgan fingerprint density at radius 3 is 2.61 bits per heavy atom. The summed E-state index contributed by atoms with van der Waals surface area (Å²) >= 11 is 3.38. The third-order valence-corrected chi connectivity index (χ3v) is 5.21. The van der Waals surface area contributed by atoms with Crippen molar-refractivity contribution < 1.29 is 9.90 Å². The van der Waals surface area contributed by atoms with Crippen molar-refractivity contribution in [3.8, 4) is 5.88 Å². The van der Waals surface area contributed by atoms with Crippen LogP contribution in [0, 0.1) is 0 Å². The van der Waals surface area contributed by atoms with Gasteiger partial charge >= 0.3 is 5.69 Å². The average molecular weight is 449 g/mol. The van der Waals surface area contributed by atoms with E-state index >= 15 is 0 Å². The van der Waals surface area contributed by atoms with E-state index in [1.807, 2.05) is 31.2 Å². The van der Waals surface area contributed by atoms with Gasteiger partial charge in [0.15, 0.2) is 0 Å². The van der Waals surface area contributed by atoms with E-state index in [-0.39, 0.29) is 30.1 Å². The lowest BCUT2D eigenvalue weighted by Gasteiger charge is -2.20. The quantitative estimate of drug-likeness (QED) is 0.732. The van der Waals surface area contributed by atoms with Crippen molar-refractivity contribution in [1.82, 2.24) is 14.6 Å². The third kappa shape index (κ3) is 3.80. The maximum Gasteiger partial charge on any atom is 0.331 e. The van der Waals surface area contributed by atoms with E-state index < -0.39 is 23.2 Å². The molecule has 1 atom stereocenters. The molecule has 0 unspecified atom stereocenters. The highest BCUT2D eigenvalue weighted by molar-refractivity contribution is 9.10. The predicted octanol–water partition coefficient (Wildman–Crippen LogP) is 2.50. The minimum absolute atomic E-state index is 0.0680. The summed E-state index contributed by atoms with van der Waals surface area (Å²) < 4.78 is 2.04. The largest absolute Gasteiger partial charge is 0.494 e. The first kappa shape index (κ1) is 20.1. The number of aromatic nitrogens is 2. The second-order valence-corrected chi connectivity index (χ2v) is 7.56. The van der Waals surface area contributed by atoms with Crippen molar-refractivity contribution in [3.05, 3.63) is 60.7 Å². The van der Waals surface area contributed by atoms with Crippen molar-refractivity contribution in [2.24, 2.45) is 5.10 Å². The number of benzene rings is 1. The second kappa shape index (κ2) is 8.14. The van der Waals surface area contributed by atoms with Gasteiger partial charge in [0.25, 0.3) is 5.56 Å². The number of aromatic hydroxyl groups is 1. The van der Waals surface area contributed by atoms with Crippen LogP contribution in [0.5, 0.6) is 5.88 Å². The minimum Gasteiger partial charge on any atom is -0.494 e. The first-order chi connectivity index (χ1) is 13.3. The fourth-order valence-corrected chi connectivity index (χ4v) is 3.50. The Hall–Kier alpha value is -2.68. The molecule has 0 radical (unpaired) electrons. The number of unbranched alkanes of at least 4 members (excludes halogenated alkanes) is 1. The number of aromatic amines is 1. The molecule has 1 aliphatic rings. The zero-order valence-electron chi connectivity index (χ0n) is 15.6. The van der Waals surface area contributed by atoms with Crippen molar-refractivity contribution in [2.75, 3.05) is 0 Å². The monoisotopic (exact) mass is 448 g/mol. The van der Waals surface area contributed by atoms with Gasteiger partial charge in [-0.3, -0.25) is 19.1 Å². The number of hydrazone groups is 1. The summed E-state index contributed by atoms with van der Waals surface area (Å²) in [5.74, 6) is -0.695. The van der Waals surface area contributed by atoms with Gasteiger partial charge in [-0.25, -0.2) is 9.80 Å². The normalized spacial score (nSPS) is 16.3. The highest BCUT2D eigenvalue weighted by atomic mass is 79.9. The Morgan fingerprint density at radius 2 is 2.00 bits per heavy atom. The van der Waals surface area contributed by atoms with Crippen molar-refractivity contribution in [2.45, 2.75) is 45.7 Å². The topological polar surface area (TPSA) is 108 Å². The van der Waals surface area contributed by atoms with Crippen LogP contribution in [0.4, 0.5) is 0 Å². The maximum atomic E-state index is 12.4. The number of amides is 1. The molecule has 0 saturated heterocycles. The molecule has 28 heavy (non-hydrogen) atoms. The summed E-state index contributed by atoms with van der Waals surface area (Å²) in [5, 5.41) is 16.2. The maximum absolute atomic E-state index is 12.4. The summed E-state index contributed by atoms with van der Waals surface area (Å²) in [4.78, 5) is 38.8. The lowest BCUT2D eigenvalue weighted by molar-refractivity contribution is -0.130.